The number of piperazine rings is 1. The van der Waals surface area contributed by atoms with E-state index in [9.17, 15) is 9.18 Å². The average Bonchev–Trinajstić information content (AvgIpc) is 2.82. The zero-order valence-electron chi connectivity index (χ0n) is 18.6. The molecule has 4 rings (SSSR count). The molecule has 1 aliphatic rings. The number of carbonyl (C=O) groups is 1. The van der Waals surface area contributed by atoms with Crippen molar-refractivity contribution in [3.05, 3.63) is 86.5 Å². The molecule has 0 N–H and O–H groups in total. The van der Waals surface area contributed by atoms with Crippen molar-refractivity contribution in [3.63, 3.8) is 0 Å². The van der Waals surface area contributed by atoms with Gasteiger partial charge >= 0.3 is 0 Å². The average molecular weight is 487 g/mol. The smallest absolute Gasteiger partial charge is 0.255 e. The molecule has 1 saturated heterocycles. The molecule has 1 aliphatic heterocycles. The number of amides is 1. The number of aryl methyl sites for hydroxylation is 2. The Morgan fingerprint density at radius 2 is 1.67 bits per heavy atom. The van der Waals surface area contributed by atoms with Gasteiger partial charge in [-0.15, -0.1) is 0 Å². The molecule has 1 amide bonds. The number of hydrogen-bond donors (Lipinski definition) is 0. The fourth-order valence-corrected chi connectivity index (χ4v) is 4.62. The van der Waals surface area contributed by atoms with Crippen LogP contribution in [0.3, 0.4) is 0 Å². The lowest BCUT2D eigenvalue weighted by Crippen LogP contribution is -2.49. The number of rotatable bonds is 5. The van der Waals surface area contributed by atoms with E-state index in [1.165, 1.54) is 6.07 Å². The van der Waals surface area contributed by atoms with Gasteiger partial charge in [0.05, 0.1) is 10.6 Å². The molecule has 0 bridgehead atoms. The molecule has 0 saturated carbocycles. The number of hydrogen-bond acceptors (Lipinski definition) is 4. The van der Waals surface area contributed by atoms with Gasteiger partial charge in [-0.2, -0.15) is 0 Å². The van der Waals surface area contributed by atoms with Crippen molar-refractivity contribution in [1.29, 1.82) is 0 Å². The highest BCUT2D eigenvalue weighted by Gasteiger charge is 2.27. The number of nitrogens with zero attached hydrogens (tertiary/aromatic N) is 4. The van der Waals surface area contributed by atoms with Crippen molar-refractivity contribution in [2.45, 2.75) is 26.7 Å². The number of benzene rings is 2. The molecule has 2 heterocycles. The quantitative estimate of drug-likeness (QED) is 0.487. The summed E-state index contributed by atoms with van der Waals surface area (Å²) >= 11 is 12.5. The second-order valence-electron chi connectivity index (χ2n) is 8.01. The molecule has 172 valence electrons. The number of carbonyl (C=O) groups excluding carboxylic acids is 1. The molecular weight excluding hydrogens is 462 g/mol. The summed E-state index contributed by atoms with van der Waals surface area (Å²) < 4.78 is 14.6. The number of halogens is 3. The van der Waals surface area contributed by atoms with E-state index in [1.807, 2.05) is 26.0 Å². The maximum Gasteiger partial charge on any atom is 0.255 e. The van der Waals surface area contributed by atoms with Gasteiger partial charge in [-0.05, 0) is 37.6 Å². The Hall–Kier alpha value is -2.70. The van der Waals surface area contributed by atoms with Crippen LogP contribution in [0.15, 0.2) is 42.5 Å². The first-order valence-corrected chi connectivity index (χ1v) is 11.7. The van der Waals surface area contributed by atoms with Gasteiger partial charge in [0.1, 0.15) is 17.5 Å². The fraction of sp³-hybridized carbons (Fsp3) is 0.320. The third-order valence-corrected chi connectivity index (χ3v) is 6.59. The molecule has 2 aromatic carbocycles. The third-order valence-electron chi connectivity index (χ3n) is 5.90. The topological polar surface area (TPSA) is 49.3 Å². The lowest BCUT2D eigenvalue weighted by Gasteiger charge is -2.36. The summed E-state index contributed by atoms with van der Waals surface area (Å²) in [6, 6.07) is 11.8. The molecule has 33 heavy (non-hydrogen) atoms. The fourth-order valence-electron chi connectivity index (χ4n) is 4.18. The third kappa shape index (κ3) is 4.97. The Bertz CT molecular complexity index is 1160. The van der Waals surface area contributed by atoms with Gasteiger partial charge in [-0.3, -0.25) is 4.79 Å². The summed E-state index contributed by atoms with van der Waals surface area (Å²) in [5.74, 6) is 1.03. The Kier molecular flexibility index (Phi) is 7.15. The first-order valence-electron chi connectivity index (χ1n) is 11.0. The molecule has 0 unspecified atom stereocenters. The first kappa shape index (κ1) is 23.5. The first-order chi connectivity index (χ1) is 15.9. The Labute approximate surface area is 203 Å². The highest BCUT2D eigenvalue weighted by molar-refractivity contribution is 6.33. The predicted octanol–water partition coefficient (Wildman–Crippen LogP) is 5.35. The monoisotopic (exact) mass is 486 g/mol. The van der Waals surface area contributed by atoms with Gasteiger partial charge in [0, 0.05) is 54.4 Å². The van der Waals surface area contributed by atoms with Gasteiger partial charge in [0.15, 0.2) is 0 Å². The van der Waals surface area contributed by atoms with Crippen LogP contribution in [-0.2, 0) is 12.8 Å². The largest absolute Gasteiger partial charge is 0.353 e. The normalized spacial score (nSPS) is 14.0. The van der Waals surface area contributed by atoms with E-state index in [4.69, 9.17) is 28.2 Å². The van der Waals surface area contributed by atoms with Crippen molar-refractivity contribution < 1.29 is 9.18 Å². The molecule has 0 atom stereocenters. The van der Waals surface area contributed by atoms with Crippen molar-refractivity contribution in [3.8, 4) is 0 Å². The van der Waals surface area contributed by atoms with Gasteiger partial charge in [0.25, 0.3) is 5.91 Å². The lowest BCUT2D eigenvalue weighted by molar-refractivity contribution is 0.0746. The molecule has 0 spiro atoms. The molecular formula is C25H25Cl2FN4O. The van der Waals surface area contributed by atoms with E-state index in [1.54, 1.807) is 29.2 Å². The molecule has 8 heteroatoms. The van der Waals surface area contributed by atoms with Gasteiger partial charge in [0.2, 0.25) is 0 Å². The van der Waals surface area contributed by atoms with E-state index in [-0.39, 0.29) is 11.7 Å². The Balaban J connectivity index is 1.60. The second kappa shape index (κ2) is 10.1. The van der Waals surface area contributed by atoms with Crippen LogP contribution in [-0.4, -0.2) is 47.0 Å². The lowest BCUT2D eigenvalue weighted by atomic mass is 10.0. The highest BCUT2D eigenvalue weighted by atomic mass is 35.5. The van der Waals surface area contributed by atoms with Gasteiger partial charge in [-0.1, -0.05) is 48.3 Å². The van der Waals surface area contributed by atoms with Crippen molar-refractivity contribution in [1.82, 2.24) is 14.9 Å². The minimum absolute atomic E-state index is 0.0771. The number of anilines is 1. The molecule has 3 aromatic rings. The molecule has 0 radical (unpaired) electrons. The minimum Gasteiger partial charge on any atom is -0.353 e. The van der Waals surface area contributed by atoms with Crippen LogP contribution in [0, 0.1) is 12.7 Å². The summed E-state index contributed by atoms with van der Waals surface area (Å²) in [6.45, 7) is 6.17. The summed E-state index contributed by atoms with van der Waals surface area (Å²) in [5.41, 5.74) is 2.70. The van der Waals surface area contributed by atoms with Crippen molar-refractivity contribution in [2.24, 2.45) is 0 Å². The van der Waals surface area contributed by atoms with E-state index in [0.717, 1.165) is 17.1 Å². The molecule has 1 fully saturated rings. The van der Waals surface area contributed by atoms with E-state index in [0.29, 0.717) is 66.0 Å². The zero-order valence-corrected chi connectivity index (χ0v) is 20.1. The van der Waals surface area contributed by atoms with Crippen LogP contribution in [0.5, 0.6) is 0 Å². The summed E-state index contributed by atoms with van der Waals surface area (Å²) in [4.78, 5) is 26.2. The van der Waals surface area contributed by atoms with Gasteiger partial charge < -0.3 is 9.80 Å². The van der Waals surface area contributed by atoms with Crippen LogP contribution >= 0.6 is 23.2 Å². The van der Waals surface area contributed by atoms with Crippen molar-refractivity contribution >= 4 is 34.9 Å². The van der Waals surface area contributed by atoms with E-state index >= 15 is 0 Å². The number of aromatic nitrogens is 2. The van der Waals surface area contributed by atoms with Crippen LogP contribution in [0.1, 0.15) is 39.9 Å². The van der Waals surface area contributed by atoms with Crippen LogP contribution in [0.2, 0.25) is 10.0 Å². The maximum absolute atomic E-state index is 14.6. The maximum atomic E-state index is 14.6. The molecule has 0 aliphatic carbocycles. The Morgan fingerprint density at radius 1 is 0.970 bits per heavy atom. The van der Waals surface area contributed by atoms with Crippen LogP contribution in [0.25, 0.3) is 0 Å². The van der Waals surface area contributed by atoms with Crippen LogP contribution < -0.4 is 4.90 Å². The highest BCUT2D eigenvalue weighted by Crippen LogP contribution is 2.30. The molecule has 1 aromatic heterocycles. The van der Waals surface area contributed by atoms with E-state index < -0.39 is 0 Å². The van der Waals surface area contributed by atoms with Crippen molar-refractivity contribution in [2.75, 3.05) is 31.1 Å². The predicted molar refractivity (Wildman–Crippen MR) is 130 cm³/mol. The SMILES string of the molecule is CCc1nc(C)nc(N2CCN(C(=O)c3ccccc3Cl)CC2)c1Cc1c(F)cccc1Cl. The minimum atomic E-state index is -0.341. The Morgan fingerprint density at radius 3 is 2.33 bits per heavy atom. The van der Waals surface area contributed by atoms with E-state index in [2.05, 4.69) is 9.88 Å². The summed E-state index contributed by atoms with van der Waals surface area (Å²) in [7, 11) is 0. The molecule has 5 nitrogen and oxygen atoms in total. The summed E-state index contributed by atoms with van der Waals surface area (Å²) in [5, 5.41) is 0.840. The second-order valence-corrected chi connectivity index (χ2v) is 8.82. The van der Waals surface area contributed by atoms with Crippen LogP contribution in [0.4, 0.5) is 10.2 Å². The summed E-state index contributed by atoms with van der Waals surface area (Å²) in [6.07, 6.45) is 1.01. The van der Waals surface area contributed by atoms with Gasteiger partial charge in [-0.25, -0.2) is 14.4 Å². The zero-order chi connectivity index (χ0) is 23.5. The standard InChI is InChI=1S/C25H25Cl2FN4O/c1-3-23-19(15-18-21(27)9-6-10-22(18)28)24(30-16(2)29-23)31-11-13-32(14-12-31)25(33)17-7-4-5-8-20(17)26/h4-10H,3,11-15H2,1-2H3.